The second-order valence-electron chi connectivity index (χ2n) is 6.80. The molecule has 3 aliphatic rings. The number of hydrogen-bond donors (Lipinski definition) is 2. The summed E-state index contributed by atoms with van der Waals surface area (Å²) in [4.78, 5) is 15.3. The molecule has 130 valence electrons. The van der Waals surface area contributed by atoms with Crippen molar-refractivity contribution in [2.45, 2.75) is 25.0 Å². The van der Waals surface area contributed by atoms with E-state index in [2.05, 4.69) is 10.2 Å². The van der Waals surface area contributed by atoms with Crippen LogP contribution in [0.25, 0.3) is 0 Å². The maximum atomic E-state index is 14.6. The van der Waals surface area contributed by atoms with Gasteiger partial charge in [-0.15, -0.1) is 0 Å². The van der Waals surface area contributed by atoms with E-state index in [0.717, 1.165) is 19.6 Å². The third kappa shape index (κ3) is 2.71. The number of cyclic esters (lactones) is 1. The predicted octanol–water partition coefficient (Wildman–Crippen LogP) is 1.33. The van der Waals surface area contributed by atoms with E-state index in [-0.39, 0.29) is 19.0 Å². The SMILES string of the molecule is O=C1O[C@@H](CO)CN1c1ccc(N2C[C@H]3CCCN[C@H]3C2)c(F)c1. The predicted molar refractivity (Wildman–Crippen MR) is 87.8 cm³/mol. The van der Waals surface area contributed by atoms with E-state index in [0.29, 0.717) is 23.3 Å². The number of halogens is 1. The Hall–Kier alpha value is -1.86. The molecule has 2 N–H and O–H groups in total. The van der Waals surface area contributed by atoms with Crippen LogP contribution in [0, 0.1) is 11.7 Å². The first-order valence-corrected chi connectivity index (χ1v) is 8.52. The molecule has 0 radical (unpaired) electrons. The fourth-order valence-corrected chi connectivity index (χ4v) is 3.99. The Morgan fingerprint density at radius 2 is 2.21 bits per heavy atom. The van der Waals surface area contributed by atoms with E-state index in [1.165, 1.54) is 23.8 Å². The zero-order valence-electron chi connectivity index (χ0n) is 13.4. The van der Waals surface area contributed by atoms with Gasteiger partial charge in [0.1, 0.15) is 11.9 Å². The molecule has 1 amide bonds. The van der Waals surface area contributed by atoms with Gasteiger partial charge in [-0.05, 0) is 43.5 Å². The smallest absolute Gasteiger partial charge is 0.414 e. The Labute approximate surface area is 140 Å². The molecule has 3 heterocycles. The van der Waals surface area contributed by atoms with E-state index in [9.17, 15) is 9.18 Å². The lowest BCUT2D eigenvalue weighted by atomic mass is 9.94. The molecule has 3 fully saturated rings. The number of ether oxygens (including phenoxy) is 1. The van der Waals surface area contributed by atoms with Crippen LogP contribution in [0.2, 0.25) is 0 Å². The highest BCUT2D eigenvalue weighted by Crippen LogP contribution is 2.33. The summed E-state index contributed by atoms with van der Waals surface area (Å²) in [6.45, 7) is 2.74. The largest absolute Gasteiger partial charge is 0.441 e. The number of aliphatic hydroxyl groups excluding tert-OH is 1. The molecule has 0 aromatic heterocycles. The third-order valence-electron chi connectivity index (χ3n) is 5.26. The summed E-state index contributed by atoms with van der Waals surface area (Å²) in [5.41, 5.74) is 1.05. The summed E-state index contributed by atoms with van der Waals surface area (Å²) in [6.07, 6.45) is 1.28. The molecule has 0 unspecified atom stereocenters. The molecule has 3 atom stereocenters. The van der Waals surface area contributed by atoms with E-state index in [1.54, 1.807) is 12.1 Å². The van der Waals surface area contributed by atoms with Crippen molar-refractivity contribution >= 4 is 17.5 Å². The third-order valence-corrected chi connectivity index (χ3v) is 5.26. The molecule has 0 spiro atoms. The highest BCUT2D eigenvalue weighted by atomic mass is 19.1. The van der Waals surface area contributed by atoms with Gasteiger partial charge < -0.3 is 20.1 Å². The van der Waals surface area contributed by atoms with Crippen LogP contribution in [-0.4, -0.2) is 56.1 Å². The average Bonchev–Trinajstić information content (AvgIpc) is 3.17. The van der Waals surface area contributed by atoms with Crippen molar-refractivity contribution in [1.82, 2.24) is 5.32 Å². The molecular formula is C17H22FN3O3. The van der Waals surface area contributed by atoms with Gasteiger partial charge >= 0.3 is 6.09 Å². The summed E-state index contributed by atoms with van der Waals surface area (Å²) in [6, 6.07) is 5.30. The number of piperidine rings is 1. The number of rotatable bonds is 3. The molecule has 1 aromatic rings. The number of carbonyl (C=O) groups is 1. The van der Waals surface area contributed by atoms with Gasteiger partial charge in [0.05, 0.1) is 24.5 Å². The second-order valence-corrected chi connectivity index (χ2v) is 6.80. The monoisotopic (exact) mass is 335 g/mol. The number of aliphatic hydroxyl groups is 1. The minimum absolute atomic E-state index is 0.230. The van der Waals surface area contributed by atoms with Crippen LogP contribution in [0.15, 0.2) is 18.2 Å². The average molecular weight is 335 g/mol. The first-order chi connectivity index (χ1) is 11.7. The first kappa shape index (κ1) is 15.7. The van der Waals surface area contributed by atoms with Gasteiger partial charge in [-0.1, -0.05) is 0 Å². The maximum absolute atomic E-state index is 14.6. The lowest BCUT2D eigenvalue weighted by molar-refractivity contribution is 0.0963. The standard InChI is InChI=1S/C17H22FN3O3/c18-14-6-12(21-8-13(10-22)24-17(21)23)3-4-16(14)20-7-11-2-1-5-19-15(11)9-20/h3-4,6,11,13,15,19,22H,1-2,5,7-10H2/t11-,13-,15+/m1/s1. The van der Waals surface area contributed by atoms with Crippen LogP contribution < -0.4 is 15.1 Å². The highest BCUT2D eigenvalue weighted by Gasteiger charge is 2.36. The van der Waals surface area contributed by atoms with E-state index in [1.807, 2.05) is 0 Å². The molecule has 6 nitrogen and oxygen atoms in total. The van der Waals surface area contributed by atoms with Gasteiger partial charge in [0.25, 0.3) is 0 Å². The number of hydrogen-bond acceptors (Lipinski definition) is 5. The van der Waals surface area contributed by atoms with Crippen molar-refractivity contribution in [3.05, 3.63) is 24.0 Å². The molecule has 3 aliphatic heterocycles. The summed E-state index contributed by atoms with van der Waals surface area (Å²) in [7, 11) is 0. The van der Waals surface area contributed by atoms with Gasteiger partial charge in [0.2, 0.25) is 0 Å². The molecule has 3 saturated heterocycles. The van der Waals surface area contributed by atoms with Crippen molar-refractivity contribution in [1.29, 1.82) is 0 Å². The number of benzene rings is 1. The summed E-state index contributed by atoms with van der Waals surface area (Å²) >= 11 is 0. The van der Waals surface area contributed by atoms with Crippen LogP contribution in [0.1, 0.15) is 12.8 Å². The van der Waals surface area contributed by atoms with Crippen LogP contribution in [-0.2, 0) is 4.74 Å². The highest BCUT2D eigenvalue weighted by molar-refractivity contribution is 5.90. The number of carbonyl (C=O) groups excluding carboxylic acids is 1. The number of anilines is 2. The number of fused-ring (bicyclic) bond motifs is 1. The summed E-state index contributed by atoms with van der Waals surface area (Å²) < 4.78 is 19.7. The Morgan fingerprint density at radius 3 is 2.92 bits per heavy atom. The van der Waals surface area contributed by atoms with Crippen molar-refractivity contribution in [3.8, 4) is 0 Å². The molecule has 7 heteroatoms. The summed E-state index contributed by atoms with van der Waals surface area (Å²) in [5.74, 6) is 0.253. The first-order valence-electron chi connectivity index (χ1n) is 8.52. The van der Waals surface area contributed by atoms with Crippen LogP contribution in [0.4, 0.5) is 20.6 Å². The molecule has 24 heavy (non-hydrogen) atoms. The minimum atomic E-state index is -0.548. The van der Waals surface area contributed by atoms with E-state index >= 15 is 0 Å². The molecule has 4 rings (SSSR count). The lowest BCUT2D eigenvalue weighted by Gasteiger charge is -2.24. The zero-order valence-corrected chi connectivity index (χ0v) is 13.4. The normalized spacial score (nSPS) is 29.8. The number of nitrogens with one attached hydrogen (secondary N) is 1. The van der Waals surface area contributed by atoms with E-state index < -0.39 is 12.2 Å². The molecule has 0 bridgehead atoms. The quantitative estimate of drug-likeness (QED) is 0.872. The van der Waals surface area contributed by atoms with Gasteiger partial charge in [-0.2, -0.15) is 0 Å². The fourth-order valence-electron chi connectivity index (χ4n) is 3.99. The zero-order chi connectivity index (χ0) is 16.7. The van der Waals surface area contributed by atoms with Crippen molar-refractivity contribution in [2.75, 3.05) is 42.6 Å². The van der Waals surface area contributed by atoms with Gasteiger partial charge in [0, 0.05) is 19.1 Å². The van der Waals surface area contributed by atoms with Gasteiger partial charge in [-0.3, -0.25) is 4.90 Å². The van der Waals surface area contributed by atoms with Crippen LogP contribution in [0.5, 0.6) is 0 Å². The topological polar surface area (TPSA) is 65.0 Å². The Bertz CT molecular complexity index is 628. The molecule has 0 aliphatic carbocycles. The van der Waals surface area contributed by atoms with Crippen molar-refractivity contribution in [2.24, 2.45) is 5.92 Å². The van der Waals surface area contributed by atoms with Gasteiger partial charge in [-0.25, -0.2) is 9.18 Å². The molecular weight excluding hydrogens is 313 g/mol. The second kappa shape index (κ2) is 6.22. The van der Waals surface area contributed by atoms with Crippen LogP contribution in [0.3, 0.4) is 0 Å². The van der Waals surface area contributed by atoms with Crippen molar-refractivity contribution in [3.63, 3.8) is 0 Å². The Morgan fingerprint density at radius 1 is 1.33 bits per heavy atom. The minimum Gasteiger partial charge on any atom is -0.441 e. The fraction of sp³-hybridized carbons (Fsp3) is 0.588. The number of amides is 1. The Kier molecular flexibility index (Phi) is 4.05. The van der Waals surface area contributed by atoms with Crippen molar-refractivity contribution < 1.29 is 19.0 Å². The van der Waals surface area contributed by atoms with E-state index in [4.69, 9.17) is 9.84 Å². The number of nitrogens with zero attached hydrogens (tertiary/aromatic N) is 2. The van der Waals surface area contributed by atoms with Gasteiger partial charge in [0.15, 0.2) is 0 Å². The summed E-state index contributed by atoms with van der Waals surface area (Å²) in [5, 5.41) is 12.6. The Balaban J connectivity index is 1.51. The lowest BCUT2D eigenvalue weighted by Crippen LogP contribution is -2.40. The molecule has 1 aromatic carbocycles. The maximum Gasteiger partial charge on any atom is 0.414 e. The molecule has 0 saturated carbocycles. The van der Waals surface area contributed by atoms with Crippen LogP contribution >= 0.6 is 0 Å².